The standard InChI is InChI=1S/C32H25FN2O2/c33-25-15-9-14-23(18-25)31-30-27(19-24(20-29(30)36)21-10-3-1-4-11-21)34-26-16-7-8-17-28(26)35(31)32(37)22-12-5-2-6-13-22/h1-18,24,31,34H,19-20H2. The molecule has 4 aromatic carbocycles. The number of nitrogens with one attached hydrogen (secondary N) is 1. The lowest BCUT2D eigenvalue weighted by Gasteiger charge is -2.35. The van der Waals surface area contributed by atoms with Crippen molar-refractivity contribution in [2.75, 3.05) is 10.2 Å². The number of carbonyl (C=O) groups is 2. The Morgan fingerprint density at radius 1 is 0.784 bits per heavy atom. The molecule has 0 fully saturated rings. The molecule has 5 heteroatoms. The Morgan fingerprint density at radius 3 is 2.22 bits per heavy atom. The van der Waals surface area contributed by atoms with Crippen molar-refractivity contribution in [2.24, 2.45) is 0 Å². The Morgan fingerprint density at radius 2 is 1.46 bits per heavy atom. The summed E-state index contributed by atoms with van der Waals surface area (Å²) in [7, 11) is 0. The number of halogens is 1. The number of amides is 1. The number of fused-ring (bicyclic) bond motifs is 1. The molecule has 4 aromatic rings. The van der Waals surface area contributed by atoms with Crippen LogP contribution < -0.4 is 10.2 Å². The zero-order chi connectivity index (χ0) is 25.4. The van der Waals surface area contributed by atoms with Gasteiger partial charge in [-0.2, -0.15) is 0 Å². The predicted molar refractivity (Wildman–Crippen MR) is 143 cm³/mol. The first-order valence-electron chi connectivity index (χ1n) is 12.4. The second-order valence-electron chi connectivity index (χ2n) is 9.47. The zero-order valence-electron chi connectivity index (χ0n) is 20.1. The molecule has 1 amide bonds. The highest BCUT2D eigenvalue weighted by Crippen LogP contribution is 2.47. The Balaban J connectivity index is 1.58. The second kappa shape index (κ2) is 9.51. The molecule has 0 radical (unpaired) electrons. The lowest BCUT2D eigenvalue weighted by Crippen LogP contribution is -2.38. The number of nitrogens with zero attached hydrogens (tertiary/aromatic N) is 1. The van der Waals surface area contributed by atoms with Crippen molar-refractivity contribution in [1.82, 2.24) is 0 Å². The summed E-state index contributed by atoms with van der Waals surface area (Å²) in [5, 5.41) is 3.51. The number of anilines is 2. The predicted octanol–water partition coefficient (Wildman–Crippen LogP) is 7.04. The molecule has 2 unspecified atom stereocenters. The van der Waals surface area contributed by atoms with Crippen molar-refractivity contribution >= 4 is 23.1 Å². The molecule has 6 rings (SSSR count). The molecule has 2 atom stereocenters. The summed E-state index contributed by atoms with van der Waals surface area (Å²) in [6.07, 6.45) is 0.929. The van der Waals surface area contributed by atoms with Crippen molar-refractivity contribution in [3.8, 4) is 0 Å². The van der Waals surface area contributed by atoms with E-state index in [0.29, 0.717) is 35.2 Å². The smallest absolute Gasteiger partial charge is 0.259 e. The molecule has 0 bridgehead atoms. The largest absolute Gasteiger partial charge is 0.357 e. The van der Waals surface area contributed by atoms with Crippen LogP contribution >= 0.6 is 0 Å². The van der Waals surface area contributed by atoms with Gasteiger partial charge in [-0.1, -0.05) is 72.8 Å². The van der Waals surface area contributed by atoms with Gasteiger partial charge in [0.2, 0.25) is 0 Å². The Hall–Kier alpha value is -4.51. The second-order valence-corrected chi connectivity index (χ2v) is 9.47. The van der Waals surface area contributed by atoms with E-state index in [4.69, 9.17) is 0 Å². The summed E-state index contributed by atoms with van der Waals surface area (Å²) in [4.78, 5) is 29.7. The van der Waals surface area contributed by atoms with E-state index in [9.17, 15) is 14.0 Å². The lowest BCUT2D eigenvalue weighted by molar-refractivity contribution is -0.116. The molecular formula is C32H25FN2O2. The average molecular weight is 489 g/mol. The van der Waals surface area contributed by atoms with Gasteiger partial charge in [0.1, 0.15) is 5.82 Å². The third-order valence-corrected chi connectivity index (χ3v) is 7.16. The molecule has 0 saturated carbocycles. The van der Waals surface area contributed by atoms with Gasteiger partial charge in [0.05, 0.1) is 17.4 Å². The van der Waals surface area contributed by atoms with E-state index in [0.717, 1.165) is 16.9 Å². The Labute approximate surface area is 215 Å². The fourth-order valence-corrected chi connectivity index (χ4v) is 5.49. The van der Waals surface area contributed by atoms with E-state index in [2.05, 4.69) is 5.32 Å². The van der Waals surface area contributed by atoms with E-state index in [1.807, 2.05) is 72.8 Å². The maximum absolute atomic E-state index is 14.6. The molecular weight excluding hydrogens is 463 g/mol. The highest BCUT2D eigenvalue weighted by atomic mass is 19.1. The first-order valence-corrected chi connectivity index (χ1v) is 12.4. The van der Waals surface area contributed by atoms with Crippen LogP contribution in [0.4, 0.5) is 15.8 Å². The van der Waals surface area contributed by atoms with Crippen molar-refractivity contribution in [2.45, 2.75) is 24.8 Å². The van der Waals surface area contributed by atoms with Crippen molar-refractivity contribution in [3.63, 3.8) is 0 Å². The van der Waals surface area contributed by atoms with Crippen molar-refractivity contribution < 1.29 is 14.0 Å². The first-order chi connectivity index (χ1) is 18.1. The van der Waals surface area contributed by atoms with E-state index in [-0.39, 0.29) is 17.6 Å². The molecule has 4 nitrogen and oxygen atoms in total. The molecule has 37 heavy (non-hydrogen) atoms. The van der Waals surface area contributed by atoms with Gasteiger partial charge in [0.15, 0.2) is 5.78 Å². The van der Waals surface area contributed by atoms with Gasteiger partial charge >= 0.3 is 0 Å². The van der Waals surface area contributed by atoms with Crippen LogP contribution in [0, 0.1) is 5.82 Å². The highest BCUT2D eigenvalue weighted by Gasteiger charge is 2.41. The summed E-state index contributed by atoms with van der Waals surface area (Å²) in [6.45, 7) is 0. The molecule has 0 saturated heterocycles. The normalized spacial score (nSPS) is 18.9. The number of ketones is 1. The maximum atomic E-state index is 14.6. The van der Waals surface area contributed by atoms with Crippen LogP contribution in [0.15, 0.2) is 120 Å². The number of rotatable bonds is 3. The van der Waals surface area contributed by atoms with Gasteiger partial charge < -0.3 is 5.32 Å². The van der Waals surface area contributed by atoms with Crippen LogP contribution in [0.5, 0.6) is 0 Å². The monoisotopic (exact) mass is 488 g/mol. The number of hydrogen-bond acceptors (Lipinski definition) is 3. The number of hydrogen-bond donors (Lipinski definition) is 1. The first kappa shape index (κ1) is 22.9. The lowest BCUT2D eigenvalue weighted by atomic mass is 9.78. The number of para-hydroxylation sites is 2. The minimum Gasteiger partial charge on any atom is -0.357 e. The third-order valence-electron chi connectivity index (χ3n) is 7.16. The summed E-state index contributed by atoms with van der Waals surface area (Å²) >= 11 is 0. The van der Waals surface area contributed by atoms with Gasteiger partial charge in [-0.25, -0.2) is 4.39 Å². The van der Waals surface area contributed by atoms with E-state index in [1.54, 1.807) is 29.2 Å². The van der Waals surface area contributed by atoms with Gasteiger partial charge in [0, 0.05) is 23.3 Å². The topological polar surface area (TPSA) is 49.4 Å². The summed E-state index contributed by atoms with van der Waals surface area (Å²) in [5.41, 5.74) is 4.81. The van der Waals surface area contributed by atoms with Gasteiger partial charge in [-0.3, -0.25) is 14.5 Å². The van der Waals surface area contributed by atoms with Crippen LogP contribution in [0.3, 0.4) is 0 Å². The summed E-state index contributed by atoms with van der Waals surface area (Å²) < 4.78 is 14.6. The molecule has 1 aliphatic carbocycles. The van der Waals surface area contributed by atoms with E-state index in [1.165, 1.54) is 12.1 Å². The van der Waals surface area contributed by atoms with Crippen LogP contribution in [-0.4, -0.2) is 11.7 Å². The number of benzene rings is 4. The molecule has 1 N–H and O–H groups in total. The molecule has 2 aliphatic rings. The maximum Gasteiger partial charge on any atom is 0.259 e. The summed E-state index contributed by atoms with van der Waals surface area (Å²) in [5.74, 6) is -0.703. The number of Topliss-reactive ketones (excluding diaryl/α,β-unsaturated/α-hetero) is 1. The Bertz CT molecular complexity index is 1510. The fourth-order valence-electron chi connectivity index (χ4n) is 5.49. The molecule has 0 spiro atoms. The highest BCUT2D eigenvalue weighted by molar-refractivity contribution is 6.12. The van der Waals surface area contributed by atoms with E-state index < -0.39 is 11.9 Å². The number of carbonyl (C=O) groups excluding carboxylic acids is 2. The van der Waals surface area contributed by atoms with E-state index >= 15 is 0 Å². The van der Waals surface area contributed by atoms with Gasteiger partial charge in [-0.15, -0.1) is 0 Å². The van der Waals surface area contributed by atoms with Crippen molar-refractivity contribution in [1.29, 1.82) is 0 Å². The van der Waals surface area contributed by atoms with Crippen LogP contribution in [0.25, 0.3) is 0 Å². The average Bonchev–Trinajstić information content (AvgIpc) is 3.08. The minimum atomic E-state index is -0.779. The quantitative estimate of drug-likeness (QED) is 0.336. The van der Waals surface area contributed by atoms with Gasteiger partial charge in [0.25, 0.3) is 5.91 Å². The minimum absolute atomic E-state index is 0.0108. The molecule has 1 aliphatic heterocycles. The third kappa shape index (κ3) is 4.23. The number of allylic oxidation sites excluding steroid dienone is 1. The molecule has 182 valence electrons. The van der Waals surface area contributed by atoms with Crippen molar-refractivity contribution in [3.05, 3.63) is 143 Å². The molecule has 1 heterocycles. The van der Waals surface area contributed by atoms with Crippen LogP contribution in [0.1, 0.15) is 46.3 Å². The zero-order valence-corrected chi connectivity index (χ0v) is 20.1. The summed E-state index contributed by atoms with van der Waals surface area (Å²) in [6, 6.07) is 32.0. The fraction of sp³-hybridized carbons (Fsp3) is 0.125. The van der Waals surface area contributed by atoms with Crippen LogP contribution in [-0.2, 0) is 4.79 Å². The van der Waals surface area contributed by atoms with Gasteiger partial charge in [-0.05, 0) is 59.9 Å². The van der Waals surface area contributed by atoms with Crippen LogP contribution in [0.2, 0.25) is 0 Å². The molecule has 0 aromatic heterocycles. The SMILES string of the molecule is O=C1CC(c2ccccc2)CC2=C1C(c1cccc(F)c1)N(C(=O)c1ccccc1)c1ccccc1N2. The Kier molecular flexibility index (Phi) is 5.89.